The van der Waals surface area contributed by atoms with Gasteiger partial charge in [-0.2, -0.15) is 0 Å². The number of carboxylic acids is 1. The summed E-state index contributed by atoms with van der Waals surface area (Å²) in [6, 6.07) is -1.29. The van der Waals surface area contributed by atoms with Crippen LogP contribution in [0.2, 0.25) is 0 Å². The van der Waals surface area contributed by atoms with E-state index in [1.807, 2.05) is 0 Å². The second-order valence-corrected chi connectivity index (χ2v) is 5.51. The molecule has 0 aromatic heterocycles. The predicted molar refractivity (Wildman–Crippen MR) is 77.8 cm³/mol. The number of hydrogen-bond acceptors (Lipinski definition) is 3. The lowest BCUT2D eigenvalue weighted by atomic mass is 9.84. The molecule has 1 fully saturated rings. The van der Waals surface area contributed by atoms with E-state index in [4.69, 9.17) is 0 Å². The third kappa shape index (κ3) is 5.61. The molecule has 1 unspecified atom stereocenters. The Kier molecular flexibility index (Phi) is 6.98. The Morgan fingerprint density at radius 3 is 2.38 bits per heavy atom. The number of hydrogen-bond donors (Lipinski definition) is 3. The molecule has 1 rings (SSSR count). The van der Waals surface area contributed by atoms with Gasteiger partial charge in [-0.1, -0.05) is 19.3 Å². The monoisotopic (exact) mass is 299 g/mol. The van der Waals surface area contributed by atoms with Crippen LogP contribution >= 0.6 is 0 Å². The van der Waals surface area contributed by atoms with E-state index in [0.29, 0.717) is 0 Å². The first-order valence-corrected chi connectivity index (χ1v) is 7.40. The molecule has 0 aromatic carbocycles. The minimum Gasteiger partial charge on any atom is -0.480 e. The van der Waals surface area contributed by atoms with Gasteiger partial charge < -0.3 is 20.6 Å². The van der Waals surface area contributed by atoms with Crippen LogP contribution in [-0.4, -0.2) is 54.6 Å². The molecule has 1 saturated carbocycles. The summed E-state index contributed by atoms with van der Waals surface area (Å²) in [7, 11) is 3.09. The molecule has 3 N–H and O–H groups in total. The van der Waals surface area contributed by atoms with Crippen molar-refractivity contribution in [2.45, 2.75) is 44.6 Å². The largest absolute Gasteiger partial charge is 0.480 e. The normalized spacial score (nSPS) is 16.9. The summed E-state index contributed by atoms with van der Waals surface area (Å²) in [5.74, 6) is -1.15. The van der Waals surface area contributed by atoms with Gasteiger partial charge in [0.05, 0.1) is 0 Å². The van der Waals surface area contributed by atoms with Crippen LogP contribution in [0, 0.1) is 5.92 Å². The maximum Gasteiger partial charge on any atom is 0.326 e. The third-order valence-corrected chi connectivity index (χ3v) is 3.97. The van der Waals surface area contributed by atoms with Gasteiger partial charge in [0.15, 0.2) is 0 Å². The molecule has 0 saturated heterocycles. The summed E-state index contributed by atoms with van der Waals surface area (Å²) in [6.07, 6.45) is 5.01. The molecule has 0 spiro atoms. The van der Waals surface area contributed by atoms with E-state index in [2.05, 4.69) is 10.6 Å². The summed E-state index contributed by atoms with van der Waals surface area (Å²) in [5.41, 5.74) is 0. The number of amides is 3. The zero-order valence-corrected chi connectivity index (χ0v) is 12.7. The molecule has 1 aliphatic carbocycles. The van der Waals surface area contributed by atoms with Crippen molar-refractivity contribution in [3.63, 3.8) is 0 Å². The van der Waals surface area contributed by atoms with Crippen molar-refractivity contribution in [3.05, 3.63) is 0 Å². The molecule has 120 valence electrons. The maximum absolute atomic E-state index is 12.0. The third-order valence-electron chi connectivity index (χ3n) is 3.97. The molecular formula is C14H25N3O4. The molecule has 0 aromatic rings. The zero-order valence-electron chi connectivity index (χ0n) is 12.7. The summed E-state index contributed by atoms with van der Waals surface area (Å²) in [4.78, 5) is 35.9. The van der Waals surface area contributed by atoms with E-state index < -0.39 is 18.0 Å². The summed E-state index contributed by atoms with van der Waals surface area (Å²) in [5, 5.41) is 14.4. The van der Waals surface area contributed by atoms with Crippen LogP contribution in [0.15, 0.2) is 0 Å². The molecule has 0 bridgehead atoms. The van der Waals surface area contributed by atoms with Gasteiger partial charge in [0.2, 0.25) is 5.91 Å². The van der Waals surface area contributed by atoms with Gasteiger partial charge in [-0.05, 0) is 18.8 Å². The highest BCUT2D eigenvalue weighted by molar-refractivity contribution is 5.83. The Hall–Kier alpha value is -1.79. The van der Waals surface area contributed by atoms with E-state index in [1.54, 1.807) is 7.05 Å². The first-order chi connectivity index (χ1) is 9.95. The number of rotatable bonds is 6. The summed E-state index contributed by atoms with van der Waals surface area (Å²) >= 11 is 0. The van der Waals surface area contributed by atoms with Crippen LogP contribution < -0.4 is 10.6 Å². The SMILES string of the molecule is CNC(=O)CCN(C)C(=O)NC(C(=O)O)C1CCCCC1. The van der Waals surface area contributed by atoms with Gasteiger partial charge in [0.1, 0.15) is 6.04 Å². The highest BCUT2D eigenvalue weighted by atomic mass is 16.4. The van der Waals surface area contributed by atoms with E-state index in [0.717, 1.165) is 32.1 Å². The number of carbonyl (C=O) groups excluding carboxylic acids is 2. The fourth-order valence-corrected chi connectivity index (χ4v) is 2.59. The van der Waals surface area contributed by atoms with Crippen molar-refractivity contribution in [3.8, 4) is 0 Å². The zero-order chi connectivity index (χ0) is 15.8. The molecule has 0 radical (unpaired) electrons. The first-order valence-electron chi connectivity index (χ1n) is 7.40. The van der Waals surface area contributed by atoms with Gasteiger partial charge in [0, 0.05) is 27.1 Å². The number of nitrogens with one attached hydrogen (secondary N) is 2. The maximum atomic E-state index is 12.0. The molecule has 1 aliphatic rings. The number of aliphatic carboxylic acids is 1. The van der Waals surface area contributed by atoms with Crippen molar-refractivity contribution < 1.29 is 19.5 Å². The summed E-state index contributed by atoms with van der Waals surface area (Å²) < 4.78 is 0. The summed E-state index contributed by atoms with van der Waals surface area (Å²) in [6.45, 7) is 0.252. The van der Waals surface area contributed by atoms with Crippen LogP contribution in [-0.2, 0) is 9.59 Å². The highest BCUT2D eigenvalue weighted by Gasteiger charge is 2.31. The van der Waals surface area contributed by atoms with E-state index in [1.165, 1.54) is 11.9 Å². The standard InChI is InChI=1S/C14H25N3O4/c1-15-11(18)8-9-17(2)14(21)16-12(13(19)20)10-6-4-3-5-7-10/h10,12H,3-9H2,1-2H3,(H,15,18)(H,16,21)(H,19,20). The smallest absolute Gasteiger partial charge is 0.326 e. The Morgan fingerprint density at radius 1 is 1.24 bits per heavy atom. The Morgan fingerprint density at radius 2 is 1.86 bits per heavy atom. The lowest BCUT2D eigenvalue weighted by Gasteiger charge is -2.29. The molecular weight excluding hydrogens is 274 g/mol. The van der Waals surface area contributed by atoms with Crippen molar-refractivity contribution in [1.82, 2.24) is 15.5 Å². The number of nitrogens with zero attached hydrogens (tertiary/aromatic N) is 1. The lowest BCUT2D eigenvalue weighted by molar-refractivity contribution is -0.141. The minimum absolute atomic E-state index is 0.00691. The lowest BCUT2D eigenvalue weighted by Crippen LogP contribution is -2.51. The molecule has 3 amide bonds. The van der Waals surface area contributed by atoms with Crippen LogP contribution in [0.3, 0.4) is 0 Å². The molecule has 7 nitrogen and oxygen atoms in total. The quantitative estimate of drug-likeness (QED) is 0.675. The van der Waals surface area contributed by atoms with Gasteiger partial charge in [-0.25, -0.2) is 9.59 Å². The van der Waals surface area contributed by atoms with Crippen LogP contribution in [0.4, 0.5) is 4.79 Å². The molecule has 0 aliphatic heterocycles. The fourth-order valence-electron chi connectivity index (χ4n) is 2.59. The van der Waals surface area contributed by atoms with Crippen molar-refractivity contribution >= 4 is 17.9 Å². The highest BCUT2D eigenvalue weighted by Crippen LogP contribution is 2.26. The van der Waals surface area contributed by atoms with Crippen molar-refractivity contribution in [2.24, 2.45) is 5.92 Å². The van der Waals surface area contributed by atoms with Gasteiger partial charge >= 0.3 is 12.0 Å². The van der Waals surface area contributed by atoms with Gasteiger partial charge in [-0.15, -0.1) is 0 Å². The van der Waals surface area contributed by atoms with E-state index in [9.17, 15) is 19.5 Å². The van der Waals surface area contributed by atoms with Crippen LogP contribution in [0.25, 0.3) is 0 Å². The van der Waals surface area contributed by atoms with E-state index in [-0.39, 0.29) is 24.8 Å². The number of carbonyl (C=O) groups is 3. The fraction of sp³-hybridized carbons (Fsp3) is 0.786. The number of urea groups is 1. The number of carboxylic acid groups (broad SMARTS) is 1. The second-order valence-electron chi connectivity index (χ2n) is 5.51. The minimum atomic E-state index is -0.991. The van der Waals surface area contributed by atoms with Crippen LogP contribution in [0.5, 0.6) is 0 Å². The first kappa shape index (κ1) is 17.3. The topological polar surface area (TPSA) is 98.7 Å². The molecule has 21 heavy (non-hydrogen) atoms. The van der Waals surface area contributed by atoms with Gasteiger partial charge in [0.25, 0.3) is 0 Å². The average Bonchev–Trinajstić information content (AvgIpc) is 2.49. The molecule has 7 heteroatoms. The van der Waals surface area contributed by atoms with Crippen molar-refractivity contribution in [2.75, 3.05) is 20.6 Å². The Bertz CT molecular complexity index is 380. The van der Waals surface area contributed by atoms with Crippen LogP contribution in [0.1, 0.15) is 38.5 Å². The molecule has 1 atom stereocenters. The molecule has 0 heterocycles. The Labute approximate surface area is 125 Å². The van der Waals surface area contributed by atoms with E-state index >= 15 is 0 Å². The second kappa shape index (κ2) is 8.49. The van der Waals surface area contributed by atoms with Gasteiger partial charge in [-0.3, -0.25) is 4.79 Å². The average molecular weight is 299 g/mol. The van der Waals surface area contributed by atoms with Crippen molar-refractivity contribution in [1.29, 1.82) is 0 Å². The predicted octanol–water partition coefficient (Wildman–Crippen LogP) is 0.797. The Balaban J connectivity index is 2.51.